The predicted molar refractivity (Wildman–Crippen MR) is 59.4 cm³/mol. The van der Waals surface area contributed by atoms with Crippen LogP contribution in [0.1, 0.15) is 19.8 Å². The fourth-order valence-electron chi connectivity index (χ4n) is 2.17. The Hall–Kier alpha value is -0.610. The molecule has 2 unspecified atom stereocenters. The molecular formula is C11H22N2O2. The van der Waals surface area contributed by atoms with Crippen LogP contribution in [0.5, 0.6) is 0 Å². The van der Waals surface area contributed by atoms with E-state index < -0.39 is 0 Å². The molecule has 1 fully saturated rings. The number of ether oxygens (including phenoxy) is 1. The molecule has 0 aliphatic carbocycles. The Morgan fingerprint density at radius 1 is 1.67 bits per heavy atom. The zero-order valence-electron chi connectivity index (χ0n) is 9.74. The van der Waals surface area contributed by atoms with Crippen molar-refractivity contribution in [3.8, 4) is 0 Å². The first-order valence-electron chi connectivity index (χ1n) is 5.67. The average Bonchev–Trinajstić information content (AvgIpc) is 2.28. The van der Waals surface area contributed by atoms with Gasteiger partial charge in [-0.05, 0) is 31.8 Å². The number of rotatable bonds is 4. The molecule has 4 heteroatoms. The second kappa shape index (κ2) is 6.08. The van der Waals surface area contributed by atoms with Gasteiger partial charge in [0.05, 0.1) is 13.0 Å². The van der Waals surface area contributed by atoms with Gasteiger partial charge in [0, 0.05) is 13.1 Å². The van der Waals surface area contributed by atoms with E-state index in [1.807, 2.05) is 6.92 Å². The van der Waals surface area contributed by atoms with E-state index >= 15 is 0 Å². The van der Waals surface area contributed by atoms with Crippen LogP contribution in [0.25, 0.3) is 0 Å². The van der Waals surface area contributed by atoms with Gasteiger partial charge in [0.2, 0.25) is 0 Å². The molecular weight excluding hydrogens is 192 g/mol. The van der Waals surface area contributed by atoms with Crippen LogP contribution in [0, 0.1) is 11.8 Å². The zero-order chi connectivity index (χ0) is 11.3. The highest BCUT2D eigenvalue weighted by atomic mass is 16.5. The monoisotopic (exact) mass is 214 g/mol. The molecule has 15 heavy (non-hydrogen) atoms. The number of hydrogen-bond acceptors (Lipinski definition) is 4. The van der Waals surface area contributed by atoms with Gasteiger partial charge in [0.1, 0.15) is 0 Å². The van der Waals surface area contributed by atoms with Crippen LogP contribution in [0.3, 0.4) is 0 Å². The maximum Gasteiger partial charge on any atom is 0.309 e. The third kappa shape index (κ3) is 3.80. The summed E-state index contributed by atoms with van der Waals surface area (Å²) >= 11 is 0. The van der Waals surface area contributed by atoms with E-state index in [-0.39, 0.29) is 11.9 Å². The summed E-state index contributed by atoms with van der Waals surface area (Å²) in [6.45, 7) is 5.57. The van der Waals surface area contributed by atoms with Gasteiger partial charge in [-0.1, -0.05) is 6.92 Å². The lowest BCUT2D eigenvalue weighted by atomic mass is 9.97. The molecule has 1 saturated heterocycles. The summed E-state index contributed by atoms with van der Waals surface area (Å²) in [6, 6.07) is 0. The number of nitrogens with two attached hydrogens (primary N) is 1. The van der Waals surface area contributed by atoms with Crippen LogP contribution >= 0.6 is 0 Å². The van der Waals surface area contributed by atoms with Crippen LogP contribution in [0.15, 0.2) is 0 Å². The SMILES string of the molecule is COC(=O)C(C)CN1CCCC(CN)C1. The van der Waals surface area contributed by atoms with E-state index in [4.69, 9.17) is 10.5 Å². The van der Waals surface area contributed by atoms with Crippen LogP contribution in [0.2, 0.25) is 0 Å². The quantitative estimate of drug-likeness (QED) is 0.691. The molecule has 0 aromatic rings. The second-order valence-electron chi connectivity index (χ2n) is 4.43. The van der Waals surface area contributed by atoms with E-state index in [1.54, 1.807) is 0 Å². The minimum atomic E-state index is -0.120. The smallest absolute Gasteiger partial charge is 0.309 e. The third-order valence-electron chi connectivity index (χ3n) is 3.07. The highest BCUT2D eigenvalue weighted by Crippen LogP contribution is 2.16. The molecule has 1 aliphatic heterocycles. The number of carbonyl (C=O) groups excluding carboxylic acids is 1. The van der Waals surface area contributed by atoms with E-state index in [0.29, 0.717) is 5.92 Å². The van der Waals surface area contributed by atoms with E-state index in [2.05, 4.69) is 4.90 Å². The Morgan fingerprint density at radius 2 is 2.40 bits per heavy atom. The Kier molecular flexibility index (Phi) is 5.05. The van der Waals surface area contributed by atoms with Gasteiger partial charge in [-0.25, -0.2) is 0 Å². The topological polar surface area (TPSA) is 55.6 Å². The molecule has 0 aromatic heterocycles. The molecule has 0 saturated carbocycles. The van der Waals surface area contributed by atoms with E-state index in [9.17, 15) is 4.79 Å². The molecule has 2 atom stereocenters. The third-order valence-corrected chi connectivity index (χ3v) is 3.07. The minimum Gasteiger partial charge on any atom is -0.469 e. The summed E-state index contributed by atoms with van der Waals surface area (Å²) in [4.78, 5) is 13.6. The predicted octanol–water partition coefficient (Wildman–Crippen LogP) is 0.466. The number of nitrogens with zero attached hydrogens (tertiary/aromatic N) is 1. The van der Waals surface area contributed by atoms with Crippen LogP contribution < -0.4 is 5.73 Å². The van der Waals surface area contributed by atoms with Gasteiger partial charge in [0.25, 0.3) is 0 Å². The van der Waals surface area contributed by atoms with Crippen LogP contribution in [0.4, 0.5) is 0 Å². The van der Waals surface area contributed by atoms with Crippen molar-refractivity contribution in [2.45, 2.75) is 19.8 Å². The lowest BCUT2D eigenvalue weighted by Crippen LogP contribution is -2.41. The minimum absolute atomic E-state index is 0.0356. The Balaban J connectivity index is 2.34. The summed E-state index contributed by atoms with van der Waals surface area (Å²) in [5, 5.41) is 0. The van der Waals surface area contributed by atoms with Gasteiger partial charge in [0.15, 0.2) is 0 Å². The highest BCUT2D eigenvalue weighted by molar-refractivity contribution is 5.72. The molecule has 0 spiro atoms. The number of esters is 1. The second-order valence-corrected chi connectivity index (χ2v) is 4.43. The lowest BCUT2D eigenvalue weighted by Gasteiger charge is -2.33. The van der Waals surface area contributed by atoms with Crippen molar-refractivity contribution >= 4 is 5.97 Å². The standard InChI is InChI=1S/C11H22N2O2/c1-9(11(14)15-2)7-13-5-3-4-10(6-12)8-13/h9-10H,3-8,12H2,1-2H3. The first kappa shape index (κ1) is 12.5. The normalized spacial score (nSPS) is 24.9. The highest BCUT2D eigenvalue weighted by Gasteiger charge is 2.22. The van der Waals surface area contributed by atoms with E-state index in [0.717, 1.165) is 26.2 Å². The van der Waals surface area contributed by atoms with E-state index in [1.165, 1.54) is 20.0 Å². The van der Waals surface area contributed by atoms with Crippen LogP contribution in [-0.2, 0) is 9.53 Å². The van der Waals surface area contributed by atoms with Crippen molar-refractivity contribution in [3.63, 3.8) is 0 Å². The first-order valence-corrected chi connectivity index (χ1v) is 5.67. The maximum atomic E-state index is 11.3. The van der Waals surface area contributed by atoms with Crippen LogP contribution in [-0.4, -0.2) is 44.2 Å². The molecule has 88 valence electrons. The van der Waals surface area contributed by atoms with Gasteiger partial charge >= 0.3 is 5.97 Å². The van der Waals surface area contributed by atoms with Crippen molar-refractivity contribution in [1.29, 1.82) is 0 Å². The van der Waals surface area contributed by atoms with Gasteiger partial charge in [-0.3, -0.25) is 4.79 Å². The summed E-state index contributed by atoms with van der Waals surface area (Å²) in [5.41, 5.74) is 5.66. The molecule has 0 amide bonds. The van der Waals surface area contributed by atoms with Crippen molar-refractivity contribution < 1.29 is 9.53 Å². The number of methoxy groups -OCH3 is 1. The summed E-state index contributed by atoms with van der Waals surface area (Å²) in [7, 11) is 1.44. The lowest BCUT2D eigenvalue weighted by molar-refractivity contribution is -0.145. The van der Waals surface area contributed by atoms with Crippen molar-refractivity contribution in [2.75, 3.05) is 33.3 Å². The molecule has 0 radical (unpaired) electrons. The Labute approximate surface area is 91.8 Å². The molecule has 1 rings (SSSR count). The average molecular weight is 214 g/mol. The largest absolute Gasteiger partial charge is 0.469 e. The van der Waals surface area contributed by atoms with Gasteiger partial charge < -0.3 is 15.4 Å². The Bertz CT molecular complexity index is 209. The number of likely N-dealkylation sites (tertiary alicyclic amines) is 1. The molecule has 0 aromatic carbocycles. The molecule has 4 nitrogen and oxygen atoms in total. The number of carbonyl (C=O) groups is 1. The fraction of sp³-hybridized carbons (Fsp3) is 0.909. The summed E-state index contributed by atoms with van der Waals surface area (Å²) < 4.78 is 4.72. The summed E-state index contributed by atoms with van der Waals surface area (Å²) in [5.74, 6) is 0.444. The number of piperidine rings is 1. The van der Waals surface area contributed by atoms with Gasteiger partial charge in [-0.15, -0.1) is 0 Å². The maximum absolute atomic E-state index is 11.3. The summed E-state index contributed by atoms with van der Waals surface area (Å²) in [6.07, 6.45) is 2.41. The Morgan fingerprint density at radius 3 is 3.00 bits per heavy atom. The first-order chi connectivity index (χ1) is 7.17. The van der Waals surface area contributed by atoms with Crippen molar-refractivity contribution in [1.82, 2.24) is 4.90 Å². The van der Waals surface area contributed by atoms with Crippen molar-refractivity contribution in [2.24, 2.45) is 17.6 Å². The molecule has 2 N–H and O–H groups in total. The van der Waals surface area contributed by atoms with Gasteiger partial charge in [-0.2, -0.15) is 0 Å². The van der Waals surface area contributed by atoms with Crippen molar-refractivity contribution in [3.05, 3.63) is 0 Å². The molecule has 1 heterocycles. The number of hydrogen-bond donors (Lipinski definition) is 1. The molecule has 1 aliphatic rings. The zero-order valence-corrected chi connectivity index (χ0v) is 9.74. The fourth-order valence-corrected chi connectivity index (χ4v) is 2.17. The molecule has 0 bridgehead atoms.